The van der Waals surface area contributed by atoms with E-state index in [1.807, 2.05) is 19.9 Å². The Morgan fingerprint density at radius 1 is 1.00 bits per heavy atom. The van der Waals surface area contributed by atoms with E-state index in [2.05, 4.69) is 5.43 Å². The summed E-state index contributed by atoms with van der Waals surface area (Å²) in [6, 6.07) is 14.3. The van der Waals surface area contributed by atoms with Gasteiger partial charge in [-0.3, -0.25) is 15.0 Å². The number of rotatable bonds is 6. The number of carbonyl (C=O) groups excluding carboxylic acids is 2. The van der Waals surface area contributed by atoms with Gasteiger partial charge in [0.2, 0.25) is 0 Å². The smallest absolute Gasteiger partial charge is 0.282 e. The molecular weight excluding hydrogens is 332 g/mol. The Morgan fingerprint density at radius 2 is 1.73 bits per heavy atom. The molecule has 3 rings (SSSR count). The molecular formula is C20H20N2O4. The normalized spacial score (nSPS) is 15.3. The lowest BCUT2D eigenvalue weighted by molar-refractivity contribution is -0.117. The summed E-state index contributed by atoms with van der Waals surface area (Å²) in [6.45, 7) is 4.77. The van der Waals surface area contributed by atoms with Crippen molar-refractivity contribution in [2.75, 3.05) is 18.2 Å². The summed E-state index contributed by atoms with van der Waals surface area (Å²) in [7, 11) is 0. The summed E-state index contributed by atoms with van der Waals surface area (Å²) in [5, 5.41) is 1.24. The Kier molecular flexibility index (Phi) is 5.22. The van der Waals surface area contributed by atoms with Crippen molar-refractivity contribution in [3.63, 3.8) is 0 Å². The number of para-hydroxylation sites is 1. The van der Waals surface area contributed by atoms with Crippen LogP contribution in [0, 0.1) is 0 Å². The molecule has 1 N–H and O–H groups in total. The van der Waals surface area contributed by atoms with E-state index in [1.54, 1.807) is 48.5 Å². The summed E-state index contributed by atoms with van der Waals surface area (Å²) < 4.78 is 11.1. The molecule has 0 unspecified atom stereocenters. The van der Waals surface area contributed by atoms with E-state index in [4.69, 9.17) is 9.47 Å². The molecule has 6 heteroatoms. The minimum absolute atomic E-state index is 0.0546. The molecule has 2 aromatic carbocycles. The largest absolute Gasteiger partial charge is 0.494 e. The van der Waals surface area contributed by atoms with Crippen LogP contribution in [0.25, 0.3) is 6.08 Å². The second kappa shape index (κ2) is 7.74. The SMILES string of the molecule is CCOc1ccc(/C=C2/C(=O)NN(c3ccccc3)C2=O)c(OCC)c1. The average molecular weight is 352 g/mol. The van der Waals surface area contributed by atoms with Crippen molar-refractivity contribution in [1.82, 2.24) is 5.43 Å². The second-order valence-electron chi connectivity index (χ2n) is 5.54. The van der Waals surface area contributed by atoms with Crippen LogP contribution in [0.5, 0.6) is 11.5 Å². The molecule has 134 valence electrons. The van der Waals surface area contributed by atoms with Gasteiger partial charge in [-0.1, -0.05) is 18.2 Å². The molecule has 0 spiro atoms. The van der Waals surface area contributed by atoms with Crippen molar-refractivity contribution in [3.05, 3.63) is 59.7 Å². The van der Waals surface area contributed by atoms with Gasteiger partial charge in [-0.15, -0.1) is 0 Å². The fourth-order valence-electron chi connectivity index (χ4n) is 2.64. The summed E-state index contributed by atoms with van der Waals surface area (Å²) in [5.74, 6) is 0.378. The molecule has 0 saturated carbocycles. The number of carbonyl (C=O) groups is 2. The lowest BCUT2D eigenvalue weighted by Gasteiger charge is -2.14. The van der Waals surface area contributed by atoms with Crippen LogP contribution in [0.1, 0.15) is 19.4 Å². The van der Waals surface area contributed by atoms with Gasteiger partial charge in [0.15, 0.2) is 0 Å². The third-order valence-corrected chi connectivity index (χ3v) is 3.80. The van der Waals surface area contributed by atoms with Crippen LogP contribution in [0.3, 0.4) is 0 Å². The van der Waals surface area contributed by atoms with Crippen LogP contribution >= 0.6 is 0 Å². The Labute approximate surface area is 152 Å². The Hall–Kier alpha value is -3.28. The van der Waals surface area contributed by atoms with Gasteiger partial charge in [-0.05, 0) is 44.2 Å². The van der Waals surface area contributed by atoms with E-state index in [0.717, 1.165) is 0 Å². The van der Waals surface area contributed by atoms with Crippen LogP contribution < -0.4 is 19.9 Å². The van der Waals surface area contributed by atoms with Gasteiger partial charge in [0, 0.05) is 11.6 Å². The van der Waals surface area contributed by atoms with E-state index in [9.17, 15) is 9.59 Å². The molecule has 0 aromatic heterocycles. The molecule has 2 aromatic rings. The average Bonchev–Trinajstić information content (AvgIpc) is 2.93. The Morgan fingerprint density at radius 3 is 2.42 bits per heavy atom. The third kappa shape index (κ3) is 3.54. The fraction of sp³-hybridized carbons (Fsp3) is 0.200. The van der Waals surface area contributed by atoms with Crippen LogP contribution in [-0.2, 0) is 9.59 Å². The Balaban J connectivity index is 1.94. The van der Waals surface area contributed by atoms with E-state index >= 15 is 0 Å². The van der Waals surface area contributed by atoms with E-state index < -0.39 is 11.8 Å². The molecule has 6 nitrogen and oxygen atoms in total. The number of hydrazine groups is 1. The highest BCUT2D eigenvalue weighted by Crippen LogP contribution is 2.29. The van der Waals surface area contributed by atoms with Gasteiger partial charge >= 0.3 is 0 Å². The van der Waals surface area contributed by atoms with Crippen LogP contribution in [0.4, 0.5) is 5.69 Å². The number of hydrogen-bond donors (Lipinski definition) is 1. The molecule has 1 aliphatic heterocycles. The highest BCUT2D eigenvalue weighted by atomic mass is 16.5. The van der Waals surface area contributed by atoms with Crippen molar-refractivity contribution in [2.24, 2.45) is 0 Å². The second-order valence-corrected chi connectivity index (χ2v) is 5.54. The lowest BCUT2D eigenvalue weighted by atomic mass is 10.1. The van der Waals surface area contributed by atoms with Crippen LogP contribution in [0.2, 0.25) is 0 Å². The topological polar surface area (TPSA) is 67.9 Å². The highest BCUT2D eigenvalue weighted by molar-refractivity contribution is 6.31. The minimum Gasteiger partial charge on any atom is -0.494 e. The molecule has 0 atom stereocenters. The summed E-state index contributed by atoms with van der Waals surface area (Å²) >= 11 is 0. The number of ether oxygens (including phenoxy) is 2. The van der Waals surface area contributed by atoms with Gasteiger partial charge in [0.05, 0.1) is 18.9 Å². The number of benzene rings is 2. The van der Waals surface area contributed by atoms with Gasteiger partial charge in [-0.25, -0.2) is 5.01 Å². The molecule has 1 saturated heterocycles. The maximum atomic E-state index is 12.7. The van der Waals surface area contributed by atoms with Gasteiger partial charge in [-0.2, -0.15) is 0 Å². The first-order valence-electron chi connectivity index (χ1n) is 8.45. The van der Waals surface area contributed by atoms with Crippen molar-refractivity contribution in [3.8, 4) is 11.5 Å². The minimum atomic E-state index is -0.449. The first-order chi connectivity index (χ1) is 12.6. The number of nitrogens with one attached hydrogen (secondary N) is 1. The van der Waals surface area contributed by atoms with Crippen molar-refractivity contribution < 1.29 is 19.1 Å². The Bertz CT molecular complexity index is 846. The zero-order valence-corrected chi connectivity index (χ0v) is 14.7. The maximum Gasteiger partial charge on any atom is 0.282 e. The highest BCUT2D eigenvalue weighted by Gasteiger charge is 2.34. The lowest BCUT2D eigenvalue weighted by Crippen LogP contribution is -2.35. The van der Waals surface area contributed by atoms with Crippen molar-refractivity contribution >= 4 is 23.6 Å². The quantitative estimate of drug-likeness (QED) is 0.641. The fourth-order valence-corrected chi connectivity index (χ4v) is 2.64. The number of nitrogens with zero attached hydrogens (tertiary/aromatic N) is 1. The number of anilines is 1. The summed E-state index contributed by atoms with van der Waals surface area (Å²) in [6.07, 6.45) is 1.54. The molecule has 1 aliphatic rings. The van der Waals surface area contributed by atoms with E-state index in [-0.39, 0.29) is 5.57 Å². The predicted molar refractivity (Wildman–Crippen MR) is 98.8 cm³/mol. The molecule has 2 amide bonds. The summed E-state index contributed by atoms with van der Waals surface area (Å²) in [4.78, 5) is 25.0. The van der Waals surface area contributed by atoms with Crippen molar-refractivity contribution in [1.29, 1.82) is 0 Å². The van der Waals surface area contributed by atoms with Crippen LogP contribution in [0.15, 0.2) is 54.1 Å². The van der Waals surface area contributed by atoms with E-state index in [1.165, 1.54) is 5.01 Å². The molecule has 1 fully saturated rings. The predicted octanol–water partition coefficient (Wildman–Crippen LogP) is 2.95. The monoisotopic (exact) mass is 352 g/mol. The molecule has 26 heavy (non-hydrogen) atoms. The molecule has 0 bridgehead atoms. The zero-order chi connectivity index (χ0) is 18.5. The standard InChI is InChI=1S/C20H20N2O4/c1-3-25-16-11-10-14(18(13-16)26-4-2)12-17-19(23)21-22(20(17)24)15-8-6-5-7-9-15/h5-13H,3-4H2,1-2H3,(H,21,23)/b17-12-. The zero-order valence-electron chi connectivity index (χ0n) is 14.7. The first kappa shape index (κ1) is 17.5. The van der Waals surface area contributed by atoms with Crippen LogP contribution in [-0.4, -0.2) is 25.0 Å². The molecule has 1 heterocycles. The summed E-state index contributed by atoms with van der Waals surface area (Å²) in [5.41, 5.74) is 3.88. The first-order valence-corrected chi connectivity index (χ1v) is 8.45. The molecule has 0 radical (unpaired) electrons. The van der Waals surface area contributed by atoms with E-state index in [0.29, 0.717) is 36.0 Å². The number of amides is 2. The van der Waals surface area contributed by atoms with Gasteiger partial charge < -0.3 is 9.47 Å². The maximum absolute atomic E-state index is 12.7. The number of hydrogen-bond acceptors (Lipinski definition) is 4. The third-order valence-electron chi connectivity index (χ3n) is 3.80. The van der Waals surface area contributed by atoms with Crippen molar-refractivity contribution in [2.45, 2.75) is 13.8 Å². The molecule has 0 aliphatic carbocycles. The van der Waals surface area contributed by atoms with Gasteiger partial charge in [0.25, 0.3) is 11.8 Å². The van der Waals surface area contributed by atoms with Gasteiger partial charge in [0.1, 0.15) is 17.1 Å².